The van der Waals surface area contributed by atoms with Crippen LogP contribution < -0.4 is 10.1 Å². The van der Waals surface area contributed by atoms with Crippen LogP contribution in [0.3, 0.4) is 0 Å². The summed E-state index contributed by atoms with van der Waals surface area (Å²) in [4.78, 5) is 10.9. The van der Waals surface area contributed by atoms with Crippen molar-refractivity contribution in [1.29, 1.82) is 0 Å². The highest BCUT2D eigenvalue weighted by molar-refractivity contribution is 7.15. The number of nitrogens with one attached hydrogen (secondary N) is 1. The van der Waals surface area contributed by atoms with Crippen molar-refractivity contribution in [2.24, 2.45) is 0 Å². The Balaban J connectivity index is 1.92. The van der Waals surface area contributed by atoms with Crippen molar-refractivity contribution in [3.05, 3.63) is 57.0 Å². The van der Waals surface area contributed by atoms with E-state index in [0.29, 0.717) is 18.7 Å². The Morgan fingerprint density at radius 3 is 2.67 bits per heavy atom. The van der Waals surface area contributed by atoms with Crippen molar-refractivity contribution in [2.45, 2.75) is 19.7 Å². The summed E-state index contributed by atoms with van der Waals surface area (Å²) >= 11 is 1.08. The van der Waals surface area contributed by atoms with Gasteiger partial charge in [-0.05, 0) is 12.1 Å². The lowest BCUT2D eigenvalue weighted by Crippen LogP contribution is -2.13. The Morgan fingerprint density at radius 1 is 1.24 bits per heavy atom. The molecule has 1 N–H and O–H groups in total. The molecule has 0 spiro atoms. The van der Waals surface area contributed by atoms with E-state index in [9.17, 15) is 18.9 Å². The van der Waals surface area contributed by atoms with E-state index in [2.05, 4.69) is 10.1 Å². The van der Waals surface area contributed by atoms with Crippen LogP contribution in [-0.4, -0.2) is 11.5 Å². The summed E-state index contributed by atoms with van der Waals surface area (Å²) < 4.78 is 28.9. The van der Waals surface area contributed by atoms with Crippen molar-refractivity contribution in [2.75, 3.05) is 0 Å². The molecule has 1 aromatic heterocycles. The van der Waals surface area contributed by atoms with E-state index in [-0.39, 0.29) is 10.8 Å². The van der Waals surface area contributed by atoms with E-state index < -0.39 is 11.5 Å². The summed E-state index contributed by atoms with van der Waals surface area (Å²) in [5.41, 5.74) is 0.601. The van der Waals surface area contributed by atoms with Crippen LogP contribution in [0.15, 0.2) is 36.4 Å². The zero-order valence-electron chi connectivity index (χ0n) is 10.8. The van der Waals surface area contributed by atoms with Gasteiger partial charge in [0.25, 0.3) is 0 Å². The number of alkyl halides is 2. The molecular formula is C13H12F2N2O3S. The van der Waals surface area contributed by atoms with Gasteiger partial charge in [-0.1, -0.05) is 29.5 Å². The molecule has 1 aromatic carbocycles. The molecule has 0 fully saturated rings. The second-order valence-electron chi connectivity index (χ2n) is 4.09. The molecule has 0 aliphatic heterocycles. The fourth-order valence-corrected chi connectivity index (χ4v) is 2.53. The van der Waals surface area contributed by atoms with Crippen molar-refractivity contribution < 1.29 is 18.4 Å². The van der Waals surface area contributed by atoms with Crippen LogP contribution in [0.1, 0.15) is 10.4 Å². The Bertz CT molecular complexity index is 619. The quantitative estimate of drug-likeness (QED) is 0.627. The van der Waals surface area contributed by atoms with Crippen LogP contribution in [0.4, 0.5) is 13.8 Å². The zero-order chi connectivity index (χ0) is 15.2. The number of benzene rings is 1. The van der Waals surface area contributed by atoms with E-state index in [4.69, 9.17) is 0 Å². The monoisotopic (exact) mass is 314 g/mol. The van der Waals surface area contributed by atoms with Gasteiger partial charge in [-0.15, -0.1) is 0 Å². The Morgan fingerprint density at radius 2 is 2.00 bits per heavy atom. The highest BCUT2D eigenvalue weighted by Crippen LogP contribution is 2.24. The van der Waals surface area contributed by atoms with Crippen LogP contribution in [-0.2, 0) is 13.1 Å². The first kappa shape index (κ1) is 15.3. The van der Waals surface area contributed by atoms with Gasteiger partial charge in [-0.2, -0.15) is 8.78 Å². The molecule has 0 amide bonds. The molecule has 21 heavy (non-hydrogen) atoms. The molecule has 112 valence electrons. The van der Waals surface area contributed by atoms with Crippen molar-refractivity contribution in [1.82, 2.24) is 5.32 Å². The predicted octanol–water partition coefficient (Wildman–Crippen LogP) is 3.55. The minimum absolute atomic E-state index is 0.0771. The smallest absolute Gasteiger partial charge is 0.387 e. The number of rotatable bonds is 7. The lowest BCUT2D eigenvalue weighted by atomic mass is 10.2. The highest BCUT2D eigenvalue weighted by Gasteiger charge is 2.11. The minimum Gasteiger partial charge on any atom is -0.434 e. The van der Waals surface area contributed by atoms with Crippen molar-refractivity contribution >= 4 is 16.3 Å². The number of hydrogen-bond acceptors (Lipinski definition) is 5. The van der Waals surface area contributed by atoms with Gasteiger partial charge in [0, 0.05) is 29.6 Å². The lowest BCUT2D eigenvalue weighted by Gasteiger charge is -2.10. The molecule has 0 aliphatic rings. The average Bonchev–Trinajstić information content (AvgIpc) is 2.89. The van der Waals surface area contributed by atoms with Crippen LogP contribution in [0, 0.1) is 10.1 Å². The average molecular weight is 314 g/mol. The molecule has 0 saturated heterocycles. The summed E-state index contributed by atoms with van der Waals surface area (Å²) in [5, 5.41) is 13.7. The molecule has 1 heterocycles. The number of hydrogen-bond donors (Lipinski definition) is 1. The third-order valence-electron chi connectivity index (χ3n) is 2.63. The maximum atomic E-state index is 12.3. The molecule has 0 aliphatic carbocycles. The van der Waals surface area contributed by atoms with E-state index in [1.54, 1.807) is 24.3 Å². The topological polar surface area (TPSA) is 64.4 Å². The molecule has 0 atom stereocenters. The fraction of sp³-hybridized carbons (Fsp3) is 0.231. The molecule has 0 radical (unpaired) electrons. The standard InChI is InChI=1S/C13H12F2N2O3S/c14-13(15)20-11-4-2-1-3-9(11)7-16-8-10-5-6-12(21-10)17(18)19/h1-6,13,16H,7-8H2. The Labute approximate surface area is 123 Å². The number of halogens is 2. The maximum absolute atomic E-state index is 12.3. The number of nitrogens with zero attached hydrogens (tertiary/aromatic N) is 1. The van der Waals surface area contributed by atoms with Crippen LogP contribution in [0.25, 0.3) is 0 Å². The van der Waals surface area contributed by atoms with Crippen molar-refractivity contribution in [3.63, 3.8) is 0 Å². The van der Waals surface area contributed by atoms with E-state index in [1.165, 1.54) is 12.1 Å². The highest BCUT2D eigenvalue weighted by atomic mass is 32.1. The van der Waals surface area contributed by atoms with Gasteiger partial charge in [-0.25, -0.2) is 0 Å². The molecule has 8 heteroatoms. The minimum atomic E-state index is -2.87. The van der Waals surface area contributed by atoms with Gasteiger partial charge in [0.2, 0.25) is 0 Å². The molecular weight excluding hydrogens is 302 g/mol. The third-order valence-corrected chi connectivity index (χ3v) is 3.67. The molecule has 5 nitrogen and oxygen atoms in total. The lowest BCUT2D eigenvalue weighted by molar-refractivity contribution is -0.380. The number of ether oxygens (including phenoxy) is 1. The third kappa shape index (κ3) is 4.47. The van der Waals surface area contributed by atoms with Crippen molar-refractivity contribution in [3.8, 4) is 5.75 Å². The van der Waals surface area contributed by atoms with Gasteiger partial charge < -0.3 is 10.1 Å². The SMILES string of the molecule is O=[N+]([O-])c1ccc(CNCc2ccccc2OC(F)F)s1. The summed E-state index contributed by atoms with van der Waals surface area (Å²) in [6.45, 7) is -2.12. The van der Waals surface area contributed by atoms with Crippen LogP contribution in [0.5, 0.6) is 5.75 Å². The van der Waals surface area contributed by atoms with Gasteiger partial charge in [0.15, 0.2) is 0 Å². The Kier molecular flexibility index (Phi) is 5.18. The molecule has 2 rings (SSSR count). The summed E-state index contributed by atoms with van der Waals surface area (Å²) in [6.07, 6.45) is 0. The zero-order valence-corrected chi connectivity index (χ0v) is 11.6. The number of para-hydroxylation sites is 1. The molecule has 0 saturated carbocycles. The first-order valence-corrected chi connectivity index (χ1v) is 6.84. The second-order valence-corrected chi connectivity index (χ2v) is 5.23. The van der Waals surface area contributed by atoms with E-state index >= 15 is 0 Å². The van der Waals surface area contributed by atoms with Gasteiger partial charge in [0.1, 0.15) is 5.75 Å². The first-order valence-electron chi connectivity index (χ1n) is 6.03. The summed E-state index contributed by atoms with van der Waals surface area (Å²) in [6, 6.07) is 9.60. The second kappa shape index (κ2) is 7.09. The van der Waals surface area contributed by atoms with Crippen LogP contribution >= 0.6 is 11.3 Å². The first-order chi connectivity index (χ1) is 10.1. The van der Waals surface area contributed by atoms with Gasteiger partial charge in [-0.3, -0.25) is 10.1 Å². The molecule has 0 bridgehead atoms. The largest absolute Gasteiger partial charge is 0.434 e. The summed E-state index contributed by atoms with van der Waals surface area (Å²) in [7, 11) is 0. The maximum Gasteiger partial charge on any atom is 0.387 e. The van der Waals surface area contributed by atoms with E-state index in [0.717, 1.165) is 16.2 Å². The molecule has 0 unspecified atom stereocenters. The number of nitro groups is 1. The number of thiophene rings is 1. The normalized spacial score (nSPS) is 10.8. The summed E-state index contributed by atoms with van der Waals surface area (Å²) in [5.74, 6) is 0.122. The van der Waals surface area contributed by atoms with Crippen LogP contribution in [0.2, 0.25) is 0 Å². The van der Waals surface area contributed by atoms with Gasteiger partial charge >= 0.3 is 11.6 Å². The predicted molar refractivity (Wildman–Crippen MR) is 74.6 cm³/mol. The van der Waals surface area contributed by atoms with Gasteiger partial charge in [0.05, 0.1) is 4.92 Å². The Hall–Kier alpha value is -2.06. The fourth-order valence-electron chi connectivity index (χ4n) is 1.74. The van der Waals surface area contributed by atoms with E-state index in [1.807, 2.05) is 0 Å². The molecule has 2 aromatic rings.